The van der Waals surface area contributed by atoms with Crippen LogP contribution in [0.5, 0.6) is 0 Å². The number of rotatable bonds is 6. The molecule has 1 aliphatic carbocycles. The van der Waals surface area contributed by atoms with Crippen molar-refractivity contribution >= 4 is 17.8 Å². The number of hydrogen-bond acceptors (Lipinski definition) is 3. The molecule has 1 fully saturated rings. The lowest BCUT2D eigenvalue weighted by atomic mass is 10.1. The van der Waals surface area contributed by atoms with Crippen molar-refractivity contribution in [3.05, 3.63) is 0 Å². The Bertz CT molecular complexity index is 324. The van der Waals surface area contributed by atoms with Crippen molar-refractivity contribution in [2.75, 3.05) is 6.54 Å². The molecule has 6 nitrogen and oxygen atoms in total. The molecule has 1 unspecified atom stereocenters. The largest absolute Gasteiger partial charge is 0.480 e. The van der Waals surface area contributed by atoms with Gasteiger partial charge in [-0.3, -0.25) is 14.4 Å². The van der Waals surface area contributed by atoms with Gasteiger partial charge in [-0.05, 0) is 19.8 Å². The van der Waals surface area contributed by atoms with E-state index in [0.717, 1.165) is 25.7 Å². The van der Waals surface area contributed by atoms with Gasteiger partial charge in [0.1, 0.15) is 6.04 Å². The minimum atomic E-state index is -1.07. The SMILES string of the molecule is CC(NC(=O)CCNC(=O)C1CCCC1)C(=O)O. The summed E-state index contributed by atoms with van der Waals surface area (Å²) < 4.78 is 0. The second kappa shape index (κ2) is 6.98. The average molecular weight is 256 g/mol. The van der Waals surface area contributed by atoms with E-state index in [1.165, 1.54) is 6.92 Å². The second-order valence-electron chi connectivity index (χ2n) is 4.65. The number of nitrogens with one attached hydrogen (secondary N) is 2. The smallest absolute Gasteiger partial charge is 0.325 e. The molecule has 0 bridgehead atoms. The van der Waals surface area contributed by atoms with Crippen LogP contribution >= 0.6 is 0 Å². The first-order valence-electron chi connectivity index (χ1n) is 6.30. The van der Waals surface area contributed by atoms with Gasteiger partial charge in [-0.15, -0.1) is 0 Å². The van der Waals surface area contributed by atoms with E-state index in [4.69, 9.17) is 5.11 Å². The van der Waals surface area contributed by atoms with Crippen LogP contribution in [-0.4, -0.2) is 35.5 Å². The summed E-state index contributed by atoms with van der Waals surface area (Å²) in [6.07, 6.45) is 4.14. The molecule has 0 aliphatic heterocycles. The average Bonchev–Trinajstić information content (AvgIpc) is 2.81. The van der Waals surface area contributed by atoms with Gasteiger partial charge >= 0.3 is 5.97 Å². The van der Waals surface area contributed by atoms with Gasteiger partial charge < -0.3 is 15.7 Å². The number of aliphatic carboxylic acids is 1. The summed E-state index contributed by atoms with van der Waals surface area (Å²) in [6, 6.07) is -0.900. The van der Waals surface area contributed by atoms with Crippen LogP contribution in [0.2, 0.25) is 0 Å². The molecule has 3 N–H and O–H groups in total. The predicted octanol–water partition coefficient (Wildman–Crippen LogP) is 0.272. The molecule has 0 aromatic carbocycles. The molecule has 0 aromatic rings. The maximum Gasteiger partial charge on any atom is 0.325 e. The summed E-state index contributed by atoms with van der Waals surface area (Å²) in [6.45, 7) is 1.66. The Morgan fingerprint density at radius 2 is 1.89 bits per heavy atom. The molecule has 1 atom stereocenters. The molecule has 1 saturated carbocycles. The van der Waals surface area contributed by atoms with Crippen LogP contribution in [0.15, 0.2) is 0 Å². The number of hydrogen-bond donors (Lipinski definition) is 3. The molecule has 0 saturated heterocycles. The molecule has 18 heavy (non-hydrogen) atoms. The monoisotopic (exact) mass is 256 g/mol. The molecule has 6 heteroatoms. The van der Waals surface area contributed by atoms with E-state index in [0.29, 0.717) is 0 Å². The Morgan fingerprint density at radius 3 is 2.44 bits per heavy atom. The summed E-state index contributed by atoms with van der Waals surface area (Å²) in [4.78, 5) is 33.5. The zero-order valence-corrected chi connectivity index (χ0v) is 10.6. The Hall–Kier alpha value is -1.59. The van der Waals surface area contributed by atoms with Crippen molar-refractivity contribution in [2.45, 2.75) is 45.1 Å². The predicted molar refractivity (Wildman–Crippen MR) is 64.8 cm³/mol. The molecule has 1 rings (SSSR count). The summed E-state index contributed by atoms with van der Waals surface area (Å²) in [5, 5.41) is 13.6. The normalized spacial score (nSPS) is 17.2. The third-order valence-electron chi connectivity index (χ3n) is 3.13. The fourth-order valence-corrected chi connectivity index (χ4v) is 2.01. The van der Waals surface area contributed by atoms with Gasteiger partial charge in [0.2, 0.25) is 11.8 Å². The topological polar surface area (TPSA) is 95.5 Å². The first-order valence-corrected chi connectivity index (χ1v) is 6.30. The molecule has 0 spiro atoms. The van der Waals surface area contributed by atoms with Crippen molar-refractivity contribution in [3.8, 4) is 0 Å². The van der Waals surface area contributed by atoms with Crippen LogP contribution in [0.4, 0.5) is 0 Å². The minimum absolute atomic E-state index is 0.00610. The van der Waals surface area contributed by atoms with E-state index in [1.807, 2.05) is 0 Å². The maximum atomic E-state index is 11.6. The highest BCUT2D eigenvalue weighted by molar-refractivity contribution is 5.84. The summed E-state index contributed by atoms with van der Waals surface area (Å²) in [7, 11) is 0. The molecule has 0 aromatic heterocycles. The van der Waals surface area contributed by atoms with Crippen LogP contribution in [0.1, 0.15) is 39.0 Å². The van der Waals surface area contributed by atoms with Gasteiger partial charge in [0.15, 0.2) is 0 Å². The van der Waals surface area contributed by atoms with Crippen molar-refractivity contribution in [2.24, 2.45) is 5.92 Å². The minimum Gasteiger partial charge on any atom is -0.480 e. The van der Waals surface area contributed by atoms with Crippen LogP contribution < -0.4 is 10.6 Å². The zero-order chi connectivity index (χ0) is 13.5. The van der Waals surface area contributed by atoms with Gasteiger partial charge in [0.25, 0.3) is 0 Å². The van der Waals surface area contributed by atoms with E-state index in [-0.39, 0.29) is 30.7 Å². The van der Waals surface area contributed by atoms with Crippen LogP contribution in [0.3, 0.4) is 0 Å². The summed E-state index contributed by atoms with van der Waals surface area (Å²) >= 11 is 0. The van der Waals surface area contributed by atoms with Crippen molar-refractivity contribution < 1.29 is 19.5 Å². The number of carboxylic acid groups (broad SMARTS) is 1. The Labute approximate surface area is 106 Å². The van der Waals surface area contributed by atoms with Gasteiger partial charge in [0.05, 0.1) is 0 Å². The number of carboxylic acids is 1. The number of carbonyl (C=O) groups is 3. The highest BCUT2D eigenvalue weighted by atomic mass is 16.4. The van der Waals surface area contributed by atoms with E-state index >= 15 is 0 Å². The summed E-state index contributed by atoms with van der Waals surface area (Å²) in [5.41, 5.74) is 0. The lowest BCUT2D eigenvalue weighted by molar-refractivity contribution is -0.141. The second-order valence-corrected chi connectivity index (χ2v) is 4.65. The Kier molecular flexibility index (Phi) is 5.61. The zero-order valence-electron chi connectivity index (χ0n) is 10.6. The third-order valence-corrected chi connectivity index (χ3v) is 3.13. The fraction of sp³-hybridized carbons (Fsp3) is 0.750. The number of carbonyl (C=O) groups excluding carboxylic acids is 2. The first-order chi connectivity index (χ1) is 8.50. The molecular weight excluding hydrogens is 236 g/mol. The number of amides is 2. The van der Waals surface area contributed by atoms with E-state index in [9.17, 15) is 14.4 Å². The standard InChI is InChI=1S/C12H20N2O4/c1-8(12(17)18)14-10(15)6-7-13-11(16)9-4-2-3-5-9/h8-9H,2-7H2,1H3,(H,13,16)(H,14,15)(H,17,18). The lowest BCUT2D eigenvalue weighted by Gasteiger charge is -2.11. The van der Waals surface area contributed by atoms with Crippen LogP contribution in [0, 0.1) is 5.92 Å². The first kappa shape index (κ1) is 14.5. The van der Waals surface area contributed by atoms with Gasteiger partial charge in [-0.1, -0.05) is 12.8 Å². The Balaban J connectivity index is 2.15. The Morgan fingerprint density at radius 1 is 1.28 bits per heavy atom. The van der Waals surface area contributed by atoms with Crippen LogP contribution in [-0.2, 0) is 14.4 Å². The van der Waals surface area contributed by atoms with Crippen molar-refractivity contribution in [1.82, 2.24) is 10.6 Å². The molecular formula is C12H20N2O4. The highest BCUT2D eigenvalue weighted by Crippen LogP contribution is 2.24. The van der Waals surface area contributed by atoms with Crippen molar-refractivity contribution in [1.29, 1.82) is 0 Å². The van der Waals surface area contributed by atoms with E-state index in [1.54, 1.807) is 0 Å². The molecule has 2 amide bonds. The van der Waals surface area contributed by atoms with E-state index < -0.39 is 12.0 Å². The van der Waals surface area contributed by atoms with Crippen LogP contribution in [0.25, 0.3) is 0 Å². The highest BCUT2D eigenvalue weighted by Gasteiger charge is 2.22. The fourth-order valence-electron chi connectivity index (χ4n) is 2.01. The van der Waals surface area contributed by atoms with Gasteiger partial charge in [-0.2, -0.15) is 0 Å². The molecule has 0 heterocycles. The van der Waals surface area contributed by atoms with Gasteiger partial charge in [-0.25, -0.2) is 0 Å². The van der Waals surface area contributed by atoms with Crippen molar-refractivity contribution in [3.63, 3.8) is 0 Å². The maximum absolute atomic E-state index is 11.6. The molecule has 102 valence electrons. The molecule has 1 aliphatic rings. The van der Waals surface area contributed by atoms with E-state index in [2.05, 4.69) is 10.6 Å². The quantitative estimate of drug-likeness (QED) is 0.635. The van der Waals surface area contributed by atoms with Gasteiger partial charge in [0, 0.05) is 18.9 Å². The molecule has 0 radical (unpaired) electrons. The third kappa shape index (κ3) is 4.73. The summed E-state index contributed by atoms with van der Waals surface area (Å²) in [5.74, 6) is -1.34. The lowest BCUT2D eigenvalue weighted by Crippen LogP contribution is -2.40.